The van der Waals surface area contributed by atoms with E-state index in [4.69, 9.17) is 6.58 Å². The molecule has 34 valence electrons. The molecule has 0 heterocycles. The van der Waals surface area contributed by atoms with Gasteiger partial charge in [0.15, 0.2) is 0 Å². The summed E-state index contributed by atoms with van der Waals surface area (Å²) in [6, 6.07) is 0. The third kappa shape index (κ3) is 119. The fourth-order valence-electron chi connectivity index (χ4n) is 0. The van der Waals surface area contributed by atoms with Crippen molar-refractivity contribution in [2.24, 2.45) is 0 Å². The molecule has 0 spiro atoms. The van der Waals surface area contributed by atoms with Crippen molar-refractivity contribution in [1.82, 2.24) is 0 Å². The molecule has 0 unspecified atom stereocenters. The van der Waals surface area contributed by atoms with Gasteiger partial charge in [0.1, 0.15) is 0 Å². The summed E-state index contributed by atoms with van der Waals surface area (Å²) in [4.78, 5) is 0. The second-order valence-electron chi connectivity index (χ2n) is 1.08. The van der Waals surface area contributed by atoms with Crippen LogP contribution in [-0.2, 0) is 22.4 Å². The molecule has 0 fully saturated rings. The van der Waals surface area contributed by atoms with Gasteiger partial charge in [-0.05, 0) is 0 Å². The molecule has 0 amide bonds. The van der Waals surface area contributed by atoms with Crippen molar-refractivity contribution in [3.8, 4) is 0 Å². The first kappa shape index (κ1) is 9.08. The Morgan fingerprint density at radius 1 is 1.40 bits per heavy atom. The Balaban J connectivity index is 0. The van der Waals surface area contributed by atoms with Crippen molar-refractivity contribution in [1.29, 1.82) is 0 Å². The van der Waals surface area contributed by atoms with Gasteiger partial charge in [0, 0.05) is 0 Å². The van der Waals surface area contributed by atoms with E-state index >= 15 is 0 Å². The molecule has 0 bridgehead atoms. The standard InChI is InChI=1S/C4H7.Ag/c1-4(2)3;/h1H,2-3H3;/q-1;+1. The third-order valence-electron chi connectivity index (χ3n) is 0. The number of hydrogen-bond donors (Lipinski definition) is 0. The molecule has 0 rings (SSSR count). The molecule has 0 atom stereocenters. The summed E-state index contributed by atoms with van der Waals surface area (Å²) in [7, 11) is 0. The topological polar surface area (TPSA) is 0 Å². The van der Waals surface area contributed by atoms with Crippen LogP contribution >= 0.6 is 0 Å². The smallest absolute Gasteiger partial charge is 0.515 e. The van der Waals surface area contributed by atoms with E-state index in [0.717, 1.165) is 5.57 Å². The molecule has 0 aromatic rings. The molecule has 0 aromatic heterocycles. The van der Waals surface area contributed by atoms with E-state index in [-0.39, 0.29) is 22.4 Å². The van der Waals surface area contributed by atoms with Crippen LogP contribution in [0.5, 0.6) is 0 Å². The Bertz CT molecular complexity index is 26.6. The maximum atomic E-state index is 5.03. The van der Waals surface area contributed by atoms with Gasteiger partial charge in [0.2, 0.25) is 0 Å². The zero-order valence-corrected chi connectivity index (χ0v) is 4.86. The second kappa shape index (κ2) is 4.48. The zero-order chi connectivity index (χ0) is 3.58. The van der Waals surface area contributed by atoms with Crippen LogP contribution in [0.1, 0.15) is 13.8 Å². The molecule has 0 N–H and O–H groups in total. The minimum Gasteiger partial charge on any atom is -0.515 e. The molecule has 0 aromatic carbocycles. The Morgan fingerprint density at radius 3 is 1.40 bits per heavy atom. The third-order valence-corrected chi connectivity index (χ3v) is 0. The fourth-order valence-corrected chi connectivity index (χ4v) is 0. The number of rotatable bonds is 0. The van der Waals surface area contributed by atoms with Crippen LogP contribution in [0.25, 0.3) is 0 Å². The van der Waals surface area contributed by atoms with Gasteiger partial charge in [-0.2, -0.15) is 0 Å². The minimum absolute atomic E-state index is 0. The van der Waals surface area contributed by atoms with Gasteiger partial charge in [-0.1, -0.05) is 13.8 Å². The quantitative estimate of drug-likeness (QED) is 0.373. The average Bonchev–Trinajstić information content (AvgIpc) is 0.811. The normalized spacial score (nSPS) is 5.20. The molecule has 0 aliphatic rings. The molecule has 0 saturated carbocycles. The molecule has 1 heteroatoms. The van der Waals surface area contributed by atoms with Crippen molar-refractivity contribution in [2.75, 3.05) is 0 Å². The van der Waals surface area contributed by atoms with Crippen molar-refractivity contribution >= 4 is 0 Å². The van der Waals surface area contributed by atoms with Crippen LogP contribution in [-0.4, -0.2) is 0 Å². The second-order valence-corrected chi connectivity index (χ2v) is 1.08. The van der Waals surface area contributed by atoms with Crippen molar-refractivity contribution in [3.63, 3.8) is 0 Å². The van der Waals surface area contributed by atoms with Crippen molar-refractivity contribution in [3.05, 3.63) is 12.2 Å². The molecule has 0 nitrogen and oxygen atoms in total. The van der Waals surface area contributed by atoms with E-state index in [9.17, 15) is 0 Å². The van der Waals surface area contributed by atoms with Crippen molar-refractivity contribution in [2.45, 2.75) is 13.8 Å². The molecule has 0 aliphatic carbocycles. The first-order valence-corrected chi connectivity index (χ1v) is 1.29. The van der Waals surface area contributed by atoms with Gasteiger partial charge >= 0.3 is 22.4 Å². The van der Waals surface area contributed by atoms with Gasteiger partial charge in [-0.25, -0.2) is 0 Å². The summed E-state index contributed by atoms with van der Waals surface area (Å²) >= 11 is 0. The van der Waals surface area contributed by atoms with E-state index in [1.807, 2.05) is 13.8 Å². The largest absolute Gasteiger partial charge is 1.00 e. The van der Waals surface area contributed by atoms with Gasteiger partial charge in [0.25, 0.3) is 0 Å². The van der Waals surface area contributed by atoms with Gasteiger partial charge in [-0.15, -0.1) is 0 Å². The van der Waals surface area contributed by atoms with E-state index in [0.29, 0.717) is 0 Å². The fraction of sp³-hybridized carbons (Fsp3) is 0.500. The first-order valence-electron chi connectivity index (χ1n) is 1.29. The average molecular weight is 163 g/mol. The van der Waals surface area contributed by atoms with E-state index in [1.54, 1.807) is 0 Å². The monoisotopic (exact) mass is 162 g/mol. The predicted molar refractivity (Wildman–Crippen MR) is 19.2 cm³/mol. The summed E-state index contributed by atoms with van der Waals surface area (Å²) in [6.07, 6.45) is 0. The predicted octanol–water partition coefficient (Wildman–Crippen LogP) is 1.38. The van der Waals surface area contributed by atoms with Crippen molar-refractivity contribution < 1.29 is 22.4 Å². The van der Waals surface area contributed by atoms with Gasteiger partial charge in [0.05, 0.1) is 0 Å². The maximum absolute atomic E-state index is 5.03. The summed E-state index contributed by atoms with van der Waals surface area (Å²) in [5.74, 6) is 0. The Labute approximate surface area is 48.8 Å². The summed E-state index contributed by atoms with van der Waals surface area (Å²) in [5.41, 5.74) is 0.917. The van der Waals surface area contributed by atoms with Crippen LogP contribution in [0.4, 0.5) is 0 Å². The molecular formula is C4H7Ag. The number of allylic oxidation sites excluding steroid dienone is 1. The Kier molecular flexibility index (Phi) is 8.14. The zero-order valence-electron chi connectivity index (χ0n) is 3.38. The number of hydrogen-bond acceptors (Lipinski definition) is 0. The summed E-state index contributed by atoms with van der Waals surface area (Å²) in [5, 5.41) is 0. The molecule has 0 saturated heterocycles. The minimum atomic E-state index is 0. The van der Waals surface area contributed by atoms with Crippen LogP contribution in [0.2, 0.25) is 0 Å². The van der Waals surface area contributed by atoms with Crippen LogP contribution in [0, 0.1) is 6.58 Å². The Morgan fingerprint density at radius 2 is 1.40 bits per heavy atom. The van der Waals surface area contributed by atoms with Crippen LogP contribution in [0.3, 0.4) is 0 Å². The van der Waals surface area contributed by atoms with E-state index in [1.165, 1.54) is 0 Å². The summed E-state index contributed by atoms with van der Waals surface area (Å²) in [6.45, 7) is 8.75. The van der Waals surface area contributed by atoms with Crippen LogP contribution in [0.15, 0.2) is 5.57 Å². The first-order chi connectivity index (χ1) is 1.73. The van der Waals surface area contributed by atoms with E-state index in [2.05, 4.69) is 0 Å². The molecule has 0 radical (unpaired) electrons. The van der Waals surface area contributed by atoms with Gasteiger partial charge in [-0.3, -0.25) is 5.57 Å². The Hall–Kier alpha value is 0.480. The molecular weight excluding hydrogens is 156 g/mol. The maximum Gasteiger partial charge on any atom is 1.00 e. The molecule has 0 aliphatic heterocycles. The summed E-state index contributed by atoms with van der Waals surface area (Å²) < 4.78 is 0. The van der Waals surface area contributed by atoms with Gasteiger partial charge < -0.3 is 6.58 Å². The SMILES string of the molecule is [Ag+].[CH-]=C(C)C. The van der Waals surface area contributed by atoms with Crippen LogP contribution < -0.4 is 0 Å². The molecule has 5 heavy (non-hydrogen) atoms. The van der Waals surface area contributed by atoms with E-state index < -0.39 is 0 Å².